The molecule has 0 heterocycles. The number of methoxy groups -OCH3 is 1. The Morgan fingerprint density at radius 1 is 1.33 bits per heavy atom. The van der Waals surface area contributed by atoms with Gasteiger partial charge in [-0.15, -0.1) is 0 Å². The van der Waals surface area contributed by atoms with Crippen LogP contribution in [0.3, 0.4) is 0 Å². The fraction of sp³-hybridized carbons (Fsp3) is 0.571. The van der Waals surface area contributed by atoms with Gasteiger partial charge in [-0.3, -0.25) is 0 Å². The first-order valence-electron chi connectivity index (χ1n) is 6.87. The van der Waals surface area contributed by atoms with Gasteiger partial charge in [0.05, 0.1) is 7.11 Å². The van der Waals surface area contributed by atoms with Gasteiger partial charge in [-0.2, -0.15) is 0 Å². The fourth-order valence-corrected chi connectivity index (χ4v) is 2.91. The molecule has 0 bridgehead atoms. The highest BCUT2D eigenvalue weighted by molar-refractivity contribution is 7.89. The van der Waals surface area contributed by atoms with Crippen molar-refractivity contribution in [2.45, 2.75) is 25.2 Å². The second-order valence-electron chi connectivity index (χ2n) is 5.13. The van der Waals surface area contributed by atoms with Gasteiger partial charge < -0.3 is 15.2 Å². The van der Waals surface area contributed by atoms with Crippen LogP contribution in [-0.2, 0) is 14.8 Å². The Morgan fingerprint density at radius 2 is 2.05 bits per heavy atom. The van der Waals surface area contributed by atoms with E-state index in [9.17, 15) is 8.42 Å². The summed E-state index contributed by atoms with van der Waals surface area (Å²) in [6.07, 6.45) is 0.614. The summed E-state index contributed by atoms with van der Waals surface area (Å²) in [6, 6.07) is 4.45. The van der Waals surface area contributed by atoms with E-state index in [-0.39, 0.29) is 10.6 Å². The Bertz CT molecular complexity index is 544. The van der Waals surface area contributed by atoms with Gasteiger partial charge in [-0.1, -0.05) is 13.8 Å². The summed E-state index contributed by atoms with van der Waals surface area (Å²) < 4.78 is 37.4. The molecule has 21 heavy (non-hydrogen) atoms. The lowest BCUT2D eigenvalue weighted by molar-refractivity contribution is 0.108. The van der Waals surface area contributed by atoms with Gasteiger partial charge in [-0.25, -0.2) is 13.1 Å². The molecule has 1 aromatic carbocycles. The van der Waals surface area contributed by atoms with Crippen molar-refractivity contribution in [1.29, 1.82) is 0 Å². The van der Waals surface area contributed by atoms with Crippen LogP contribution in [0, 0.1) is 5.92 Å². The molecule has 0 aliphatic heterocycles. The van der Waals surface area contributed by atoms with Crippen molar-refractivity contribution >= 4 is 15.7 Å². The summed E-state index contributed by atoms with van der Waals surface area (Å²) in [5.41, 5.74) is 6.07. The largest absolute Gasteiger partial charge is 0.495 e. The van der Waals surface area contributed by atoms with E-state index in [1.54, 1.807) is 0 Å². The zero-order chi connectivity index (χ0) is 15.9. The molecule has 0 aliphatic rings. The molecule has 0 radical (unpaired) electrons. The molecule has 120 valence electrons. The average molecular weight is 316 g/mol. The van der Waals surface area contributed by atoms with Crippen LogP contribution >= 0.6 is 0 Å². The van der Waals surface area contributed by atoms with Gasteiger partial charge in [0.2, 0.25) is 10.0 Å². The first-order valence-corrected chi connectivity index (χ1v) is 8.36. The Hall–Kier alpha value is -1.31. The lowest BCUT2D eigenvalue weighted by Gasteiger charge is -2.11. The van der Waals surface area contributed by atoms with Crippen molar-refractivity contribution in [3.05, 3.63) is 18.2 Å². The van der Waals surface area contributed by atoms with Crippen molar-refractivity contribution < 1.29 is 17.9 Å². The molecule has 0 amide bonds. The van der Waals surface area contributed by atoms with E-state index in [4.69, 9.17) is 15.2 Å². The van der Waals surface area contributed by atoms with E-state index in [0.717, 1.165) is 0 Å². The van der Waals surface area contributed by atoms with Crippen molar-refractivity contribution in [3.63, 3.8) is 0 Å². The summed E-state index contributed by atoms with van der Waals surface area (Å²) in [7, 11) is -2.20. The summed E-state index contributed by atoms with van der Waals surface area (Å²) >= 11 is 0. The van der Waals surface area contributed by atoms with E-state index in [1.165, 1.54) is 25.3 Å². The molecule has 0 aromatic heterocycles. The average Bonchev–Trinajstić information content (AvgIpc) is 2.41. The maximum Gasteiger partial charge on any atom is 0.244 e. The third kappa shape index (κ3) is 5.91. The third-order valence-corrected chi connectivity index (χ3v) is 4.19. The van der Waals surface area contributed by atoms with Crippen LogP contribution in [0.2, 0.25) is 0 Å². The van der Waals surface area contributed by atoms with Crippen LogP contribution in [0.1, 0.15) is 20.3 Å². The number of nitrogen functional groups attached to an aromatic ring is 1. The van der Waals surface area contributed by atoms with Gasteiger partial charge >= 0.3 is 0 Å². The van der Waals surface area contributed by atoms with Crippen molar-refractivity contribution in [2.75, 3.05) is 32.6 Å². The minimum atomic E-state index is -3.61. The molecule has 1 rings (SSSR count). The first-order chi connectivity index (χ1) is 9.86. The molecule has 0 spiro atoms. The molecule has 3 N–H and O–H groups in total. The number of anilines is 1. The number of hydrogen-bond acceptors (Lipinski definition) is 5. The lowest BCUT2D eigenvalue weighted by Crippen LogP contribution is -2.26. The number of benzene rings is 1. The number of sulfonamides is 1. The fourth-order valence-electron chi connectivity index (χ4n) is 1.68. The Balaban J connectivity index is 2.54. The number of nitrogens with one attached hydrogen (secondary N) is 1. The predicted molar refractivity (Wildman–Crippen MR) is 82.9 cm³/mol. The second kappa shape index (κ2) is 8.21. The number of hydrogen-bond donors (Lipinski definition) is 2. The number of rotatable bonds is 9. The number of ether oxygens (including phenoxy) is 2. The predicted octanol–water partition coefficient (Wildman–Crippen LogP) is 1.62. The van der Waals surface area contributed by atoms with E-state index in [0.29, 0.717) is 37.8 Å². The maximum absolute atomic E-state index is 12.2. The summed E-state index contributed by atoms with van der Waals surface area (Å²) in [5, 5.41) is 0. The zero-order valence-electron chi connectivity index (χ0n) is 12.8. The molecule has 0 aliphatic carbocycles. The summed E-state index contributed by atoms with van der Waals surface area (Å²) in [6.45, 7) is 5.65. The van der Waals surface area contributed by atoms with Crippen LogP contribution in [0.25, 0.3) is 0 Å². The topological polar surface area (TPSA) is 90.7 Å². The Labute approximate surface area is 126 Å². The van der Waals surface area contributed by atoms with Gasteiger partial charge in [0, 0.05) is 31.5 Å². The van der Waals surface area contributed by atoms with Crippen molar-refractivity contribution in [1.82, 2.24) is 4.72 Å². The second-order valence-corrected chi connectivity index (χ2v) is 6.87. The molecule has 1 aromatic rings. The van der Waals surface area contributed by atoms with E-state index >= 15 is 0 Å². The molecule has 0 saturated carbocycles. The van der Waals surface area contributed by atoms with Crippen LogP contribution < -0.4 is 15.2 Å². The molecule has 6 nitrogen and oxygen atoms in total. The van der Waals surface area contributed by atoms with Crippen LogP contribution in [0.4, 0.5) is 5.69 Å². The van der Waals surface area contributed by atoms with Gasteiger partial charge in [0.15, 0.2) is 0 Å². The smallest absolute Gasteiger partial charge is 0.244 e. The van der Waals surface area contributed by atoms with Crippen molar-refractivity contribution in [2.24, 2.45) is 5.92 Å². The highest BCUT2D eigenvalue weighted by atomic mass is 32.2. The molecule has 7 heteroatoms. The molecule has 0 unspecified atom stereocenters. The molecular weight excluding hydrogens is 292 g/mol. The summed E-state index contributed by atoms with van der Waals surface area (Å²) in [5.74, 6) is 0.708. The van der Waals surface area contributed by atoms with E-state index < -0.39 is 10.0 Å². The minimum Gasteiger partial charge on any atom is -0.495 e. The molecule has 0 fully saturated rings. The standard InChI is InChI=1S/C14H24N2O4S/c1-11(2)10-20-8-4-7-16-21(17,18)14-6-5-12(15)9-13(14)19-3/h5-6,9,11,16H,4,7-8,10,15H2,1-3H3. The van der Waals surface area contributed by atoms with Gasteiger partial charge in [-0.05, 0) is 24.5 Å². The normalized spacial score (nSPS) is 11.8. The number of nitrogens with two attached hydrogens (primary N) is 1. The SMILES string of the molecule is COc1cc(N)ccc1S(=O)(=O)NCCCOCC(C)C. The van der Waals surface area contributed by atoms with E-state index in [2.05, 4.69) is 18.6 Å². The third-order valence-electron chi connectivity index (χ3n) is 2.69. The van der Waals surface area contributed by atoms with Crippen molar-refractivity contribution in [3.8, 4) is 5.75 Å². The molecule has 0 atom stereocenters. The molecular formula is C14H24N2O4S. The minimum absolute atomic E-state index is 0.0855. The summed E-state index contributed by atoms with van der Waals surface area (Å²) in [4.78, 5) is 0.0855. The highest BCUT2D eigenvalue weighted by Crippen LogP contribution is 2.25. The van der Waals surface area contributed by atoms with Crippen LogP contribution in [0.15, 0.2) is 23.1 Å². The molecule has 0 saturated heterocycles. The van der Waals surface area contributed by atoms with Crippen LogP contribution in [-0.4, -0.2) is 35.3 Å². The highest BCUT2D eigenvalue weighted by Gasteiger charge is 2.18. The van der Waals surface area contributed by atoms with Crippen LogP contribution in [0.5, 0.6) is 5.75 Å². The Kier molecular flexibility index (Phi) is 6.94. The lowest BCUT2D eigenvalue weighted by atomic mass is 10.2. The Morgan fingerprint density at radius 3 is 2.67 bits per heavy atom. The quantitative estimate of drug-likeness (QED) is 0.533. The maximum atomic E-state index is 12.2. The van der Waals surface area contributed by atoms with Gasteiger partial charge in [0.25, 0.3) is 0 Å². The first kappa shape index (κ1) is 17.7. The van der Waals surface area contributed by atoms with Gasteiger partial charge in [0.1, 0.15) is 10.6 Å². The van der Waals surface area contributed by atoms with E-state index in [1.807, 2.05) is 0 Å². The monoisotopic (exact) mass is 316 g/mol. The zero-order valence-corrected chi connectivity index (χ0v) is 13.6.